The van der Waals surface area contributed by atoms with E-state index in [-0.39, 0.29) is 36.7 Å². The van der Waals surface area contributed by atoms with Crippen molar-refractivity contribution in [3.63, 3.8) is 0 Å². The van der Waals surface area contributed by atoms with Crippen LogP contribution in [0.2, 0.25) is 25.7 Å². The summed E-state index contributed by atoms with van der Waals surface area (Å²) < 4.78 is 48.0. The molecule has 0 saturated carbocycles. The van der Waals surface area contributed by atoms with E-state index in [2.05, 4.69) is 34.9 Å². The van der Waals surface area contributed by atoms with Crippen LogP contribution in [0.15, 0.2) is 36.7 Å². The number of carbonyl (C=O) groups excluding carboxylic acids is 2. The Balaban J connectivity index is 1.64. The number of ether oxygens (including phenoxy) is 1. The van der Waals surface area contributed by atoms with Crippen molar-refractivity contribution in [3.8, 4) is 11.3 Å². The maximum absolute atomic E-state index is 13.6. The van der Waals surface area contributed by atoms with Crippen LogP contribution in [-0.2, 0) is 22.7 Å². The number of anilines is 1. The van der Waals surface area contributed by atoms with E-state index in [1.54, 1.807) is 6.07 Å². The molecule has 1 aliphatic heterocycles. The van der Waals surface area contributed by atoms with Crippen LogP contribution in [0.4, 0.5) is 19.0 Å². The predicted octanol–water partition coefficient (Wildman–Crippen LogP) is 5.14. The first-order valence-corrected chi connectivity index (χ1v) is 16.1. The molecule has 0 spiro atoms. The summed E-state index contributed by atoms with van der Waals surface area (Å²) in [6, 6.07) is 5.82. The minimum absolute atomic E-state index is 0.0289. The molecule has 1 atom stereocenters. The van der Waals surface area contributed by atoms with Gasteiger partial charge in [0.2, 0.25) is 5.91 Å². The number of alkyl halides is 2. The Labute approximate surface area is 219 Å². The molecule has 1 aliphatic rings. The maximum Gasteiger partial charge on any atom is 0.264 e. The summed E-state index contributed by atoms with van der Waals surface area (Å²) in [6.45, 7) is 7.51. The summed E-state index contributed by atoms with van der Waals surface area (Å²) in [5.41, 5.74) is 0.909. The van der Waals surface area contributed by atoms with Crippen molar-refractivity contribution >= 4 is 26.1 Å². The molecule has 3 aromatic rings. The Morgan fingerprint density at radius 2 is 2.00 bits per heavy atom. The molecule has 0 radical (unpaired) electrons. The summed E-state index contributed by atoms with van der Waals surface area (Å²) in [5, 5.41) is 12.2. The Morgan fingerprint density at radius 1 is 1.21 bits per heavy atom. The second-order valence-corrected chi connectivity index (χ2v) is 16.1. The van der Waals surface area contributed by atoms with Gasteiger partial charge in [0.15, 0.2) is 6.29 Å². The highest BCUT2D eigenvalue weighted by Crippen LogP contribution is 2.35. The number of hydrogen-bond donors (Lipinski definition) is 0. The molecule has 202 valence electrons. The zero-order valence-corrected chi connectivity index (χ0v) is 22.5. The van der Waals surface area contributed by atoms with E-state index in [1.165, 1.54) is 28.0 Å². The Bertz CT molecular complexity index is 1300. The van der Waals surface area contributed by atoms with Crippen LogP contribution >= 0.6 is 0 Å². The number of carbonyl (C=O) groups is 2. The summed E-state index contributed by atoms with van der Waals surface area (Å²) in [4.78, 5) is 27.3. The molecule has 1 fully saturated rings. The van der Waals surface area contributed by atoms with Crippen LogP contribution in [0.25, 0.3) is 11.3 Å². The largest absolute Gasteiger partial charge is 0.359 e. The lowest BCUT2D eigenvalue weighted by Crippen LogP contribution is -2.31. The number of halogens is 3. The number of rotatable bonds is 11. The molecule has 1 aromatic carbocycles. The highest BCUT2D eigenvalue weighted by molar-refractivity contribution is 6.76. The molecular formula is C26H30F3N5O3Si. The van der Waals surface area contributed by atoms with Crippen molar-refractivity contribution in [2.75, 3.05) is 18.1 Å². The van der Waals surface area contributed by atoms with Gasteiger partial charge in [0, 0.05) is 38.3 Å². The predicted molar refractivity (Wildman–Crippen MR) is 138 cm³/mol. The van der Waals surface area contributed by atoms with E-state index < -0.39 is 31.8 Å². The van der Waals surface area contributed by atoms with Gasteiger partial charge < -0.3 is 4.74 Å². The molecule has 12 heteroatoms. The molecule has 1 saturated heterocycles. The fourth-order valence-corrected chi connectivity index (χ4v) is 5.24. The van der Waals surface area contributed by atoms with Crippen molar-refractivity contribution in [1.82, 2.24) is 20.0 Å². The number of amides is 1. The smallest absolute Gasteiger partial charge is 0.264 e. The molecule has 0 bridgehead atoms. The molecular weight excluding hydrogens is 515 g/mol. The monoisotopic (exact) mass is 545 g/mol. The molecule has 2 aromatic heterocycles. The Morgan fingerprint density at radius 3 is 2.66 bits per heavy atom. The lowest BCUT2D eigenvalue weighted by molar-refractivity contribution is -0.120. The molecule has 0 N–H and O–H groups in total. The van der Waals surface area contributed by atoms with E-state index >= 15 is 0 Å². The summed E-state index contributed by atoms with van der Waals surface area (Å²) in [5.74, 6) is -1.39. The lowest BCUT2D eigenvalue weighted by atomic mass is 9.94. The molecule has 3 heterocycles. The molecule has 0 aliphatic carbocycles. The number of aldehydes is 1. The van der Waals surface area contributed by atoms with E-state index in [0.717, 1.165) is 18.2 Å². The van der Waals surface area contributed by atoms with Gasteiger partial charge in [-0.25, -0.2) is 17.9 Å². The summed E-state index contributed by atoms with van der Waals surface area (Å²) in [7, 11) is -1.34. The van der Waals surface area contributed by atoms with Crippen molar-refractivity contribution in [2.45, 2.75) is 51.7 Å². The van der Waals surface area contributed by atoms with Gasteiger partial charge in [0.25, 0.3) is 6.43 Å². The van der Waals surface area contributed by atoms with Gasteiger partial charge in [-0.15, -0.1) is 0 Å². The van der Waals surface area contributed by atoms with Gasteiger partial charge in [0.1, 0.15) is 24.1 Å². The maximum atomic E-state index is 13.6. The van der Waals surface area contributed by atoms with E-state index in [4.69, 9.17) is 4.74 Å². The molecule has 4 rings (SSSR count). The van der Waals surface area contributed by atoms with Gasteiger partial charge in [-0.1, -0.05) is 25.7 Å². The minimum atomic E-state index is -2.86. The fraction of sp³-hybridized carbons (Fsp3) is 0.423. The number of nitrogens with zero attached hydrogens (tertiary/aromatic N) is 5. The van der Waals surface area contributed by atoms with Gasteiger partial charge in [-0.3, -0.25) is 14.5 Å². The third-order valence-electron chi connectivity index (χ3n) is 6.53. The second kappa shape index (κ2) is 11.6. The second-order valence-electron chi connectivity index (χ2n) is 10.5. The third-order valence-corrected chi connectivity index (χ3v) is 8.23. The average molecular weight is 546 g/mol. The topological polar surface area (TPSA) is 90.2 Å². The number of benzene rings is 1. The fourth-order valence-electron chi connectivity index (χ4n) is 4.48. The summed E-state index contributed by atoms with van der Waals surface area (Å²) >= 11 is 0. The SMILES string of the molecule is C[Si](C)(C)CCOCn1nc(-c2ccnnc2)c(C=O)c1N1CCC(Cc2ccc(F)cc2C(F)F)C1=O. The van der Waals surface area contributed by atoms with Crippen LogP contribution < -0.4 is 4.90 Å². The average Bonchev–Trinajstić information content (AvgIpc) is 3.42. The van der Waals surface area contributed by atoms with E-state index in [0.29, 0.717) is 36.4 Å². The van der Waals surface area contributed by atoms with E-state index in [1.807, 2.05) is 0 Å². The Kier molecular flexibility index (Phi) is 8.41. The van der Waals surface area contributed by atoms with Gasteiger partial charge in [-0.05, 0) is 42.6 Å². The van der Waals surface area contributed by atoms with E-state index in [9.17, 15) is 22.8 Å². The van der Waals surface area contributed by atoms with Gasteiger partial charge >= 0.3 is 0 Å². The van der Waals surface area contributed by atoms with Crippen LogP contribution in [0, 0.1) is 11.7 Å². The van der Waals surface area contributed by atoms with Crippen molar-refractivity contribution in [2.24, 2.45) is 5.92 Å². The normalized spacial score (nSPS) is 16.0. The van der Waals surface area contributed by atoms with Crippen LogP contribution in [0.5, 0.6) is 0 Å². The zero-order valence-electron chi connectivity index (χ0n) is 21.5. The molecule has 1 amide bonds. The van der Waals surface area contributed by atoms with Crippen molar-refractivity contribution in [3.05, 3.63) is 59.2 Å². The van der Waals surface area contributed by atoms with Crippen LogP contribution in [-0.4, -0.2) is 53.4 Å². The first-order valence-electron chi connectivity index (χ1n) is 12.4. The molecule has 38 heavy (non-hydrogen) atoms. The first-order chi connectivity index (χ1) is 18.1. The van der Waals surface area contributed by atoms with Crippen molar-refractivity contribution in [1.29, 1.82) is 0 Å². The zero-order chi connectivity index (χ0) is 27.4. The number of hydrogen-bond acceptors (Lipinski definition) is 6. The third kappa shape index (κ3) is 6.18. The minimum Gasteiger partial charge on any atom is -0.359 e. The van der Waals surface area contributed by atoms with Crippen molar-refractivity contribution < 1.29 is 27.5 Å². The first kappa shape index (κ1) is 27.6. The molecule has 1 unspecified atom stereocenters. The van der Waals surface area contributed by atoms with Crippen LogP contribution in [0.3, 0.4) is 0 Å². The standard InChI is InChI=1S/C26H30F3N5O3Si/c1-38(2,3)11-10-37-16-34-25(22(15-35)23(32-34)19-6-8-30-31-14-19)33-9-7-18(26(33)36)12-17-4-5-20(27)13-21(17)24(28)29/h4-6,8,13-15,18,24H,7,9-12,16H2,1-3H3. The molecule has 8 nitrogen and oxygen atoms in total. The summed E-state index contributed by atoms with van der Waals surface area (Å²) in [6.07, 6.45) is 1.16. The lowest BCUT2D eigenvalue weighted by Gasteiger charge is -2.20. The quantitative estimate of drug-likeness (QED) is 0.188. The number of aromatic nitrogens is 4. The van der Waals surface area contributed by atoms with Gasteiger partial charge in [-0.2, -0.15) is 15.3 Å². The van der Waals surface area contributed by atoms with Gasteiger partial charge in [0.05, 0.1) is 18.0 Å². The van der Waals surface area contributed by atoms with Crippen LogP contribution in [0.1, 0.15) is 34.3 Å². The highest BCUT2D eigenvalue weighted by Gasteiger charge is 2.37. The highest BCUT2D eigenvalue weighted by atomic mass is 28.3. The Hall–Kier alpha value is -3.38.